The lowest BCUT2D eigenvalue weighted by Crippen LogP contribution is -2.36. The summed E-state index contributed by atoms with van der Waals surface area (Å²) >= 11 is 0. The number of methoxy groups -OCH3 is 1. The number of hydrogen-bond acceptors (Lipinski definition) is 5. The van der Waals surface area contributed by atoms with Crippen molar-refractivity contribution in [1.29, 1.82) is 0 Å². The van der Waals surface area contributed by atoms with Crippen LogP contribution in [0.5, 0.6) is 5.88 Å². The van der Waals surface area contributed by atoms with Crippen molar-refractivity contribution in [3.8, 4) is 5.88 Å². The van der Waals surface area contributed by atoms with Gasteiger partial charge in [-0.2, -0.15) is 0 Å². The molecule has 2 heterocycles. The van der Waals surface area contributed by atoms with Crippen LogP contribution >= 0.6 is 0 Å². The van der Waals surface area contributed by atoms with Gasteiger partial charge in [-0.3, -0.25) is 14.5 Å². The maximum absolute atomic E-state index is 11.7. The lowest BCUT2D eigenvalue weighted by Gasteiger charge is -2.11. The number of imide groups is 1. The molecule has 96 valence electrons. The number of pyridine rings is 1. The molecule has 0 aliphatic carbocycles. The Morgan fingerprint density at radius 3 is 2.94 bits per heavy atom. The van der Waals surface area contributed by atoms with E-state index in [0.29, 0.717) is 12.4 Å². The SMILES string of the molecule is COc1cc(CNC2CC(=O)N(C)C2=O)ccn1. The Morgan fingerprint density at radius 2 is 2.33 bits per heavy atom. The Bertz CT molecular complexity index is 475. The first-order chi connectivity index (χ1) is 8.61. The van der Waals surface area contributed by atoms with Crippen molar-refractivity contribution in [3.05, 3.63) is 23.9 Å². The van der Waals surface area contributed by atoms with Crippen molar-refractivity contribution in [1.82, 2.24) is 15.2 Å². The minimum atomic E-state index is -0.429. The van der Waals surface area contributed by atoms with Crippen molar-refractivity contribution in [3.63, 3.8) is 0 Å². The Balaban J connectivity index is 1.96. The van der Waals surface area contributed by atoms with Crippen LogP contribution in [0, 0.1) is 0 Å². The molecule has 1 atom stereocenters. The number of hydrogen-bond donors (Lipinski definition) is 1. The molecule has 1 saturated heterocycles. The van der Waals surface area contributed by atoms with Crippen molar-refractivity contribution in [2.24, 2.45) is 0 Å². The normalized spacial score (nSPS) is 19.4. The van der Waals surface area contributed by atoms with Crippen LogP contribution in [-0.4, -0.2) is 41.9 Å². The van der Waals surface area contributed by atoms with Gasteiger partial charge >= 0.3 is 0 Å². The molecule has 2 rings (SSSR count). The molecule has 1 unspecified atom stereocenters. The highest BCUT2D eigenvalue weighted by atomic mass is 16.5. The standard InChI is InChI=1S/C12H15N3O3/c1-15-11(16)6-9(12(15)17)14-7-8-3-4-13-10(5-8)18-2/h3-5,9,14H,6-7H2,1-2H3. The highest BCUT2D eigenvalue weighted by Crippen LogP contribution is 2.13. The molecule has 6 nitrogen and oxygen atoms in total. The topological polar surface area (TPSA) is 71.5 Å². The van der Waals surface area contributed by atoms with Crippen LogP contribution in [0.2, 0.25) is 0 Å². The first-order valence-corrected chi connectivity index (χ1v) is 5.64. The number of ether oxygens (including phenoxy) is 1. The average Bonchev–Trinajstić information content (AvgIpc) is 2.64. The quantitative estimate of drug-likeness (QED) is 0.757. The molecule has 1 aliphatic rings. The van der Waals surface area contributed by atoms with Gasteiger partial charge < -0.3 is 10.1 Å². The number of amides is 2. The molecule has 0 aromatic carbocycles. The van der Waals surface area contributed by atoms with Crippen LogP contribution < -0.4 is 10.1 Å². The molecule has 0 radical (unpaired) electrons. The molecule has 6 heteroatoms. The molecule has 18 heavy (non-hydrogen) atoms. The van der Waals surface area contributed by atoms with E-state index >= 15 is 0 Å². The van der Waals surface area contributed by atoms with Gasteiger partial charge in [-0.25, -0.2) is 4.98 Å². The third kappa shape index (κ3) is 2.48. The van der Waals surface area contributed by atoms with Crippen molar-refractivity contribution in [2.45, 2.75) is 19.0 Å². The van der Waals surface area contributed by atoms with E-state index < -0.39 is 6.04 Å². The number of rotatable bonds is 4. The molecular formula is C12H15N3O3. The van der Waals surface area contributed by atoms with Crippen LogP contribution in [-0.2, 0) is 16.1 Å². The highest BCUT2D eigenvalue weighted by molar-refractivity contribution is 6.05. The van der Waals surface area contributed by atoms with Crippen molar-refractivity contribution < 1.29 is 14.3 Å². The van der Waals surface area contributed by atoms with Gasteiger partial charge in [0.25, 0.3) is 0 Å². The van der Waals surface area contributed by atoms with E-state index in [1.807, 2.05) is 6.07 Å². The number of likely N-dealkylation sites (tertiary alicyclic amines) is 1. The summed E-state index contributed by atoms with van der Waals surface area (Å²) in [6.07, 6.45) is 1.86. The minimum absolute atomic E-state index is 0.148. The summed E-state index contributed by atoms with van der Waals surface area (Å²) < 4.78 is 5.01. The second-order valence-electron chi connectivity index (χ2n) is 4.14. The van der Waals surface area contributed by atoms with Gasteiger partial charge in [-0.15, -0.1) is 0 Å². The fourth-order valence-electron chi connectivity index (χ4n) is 1.83. The first-order valence-electron chi connectivity index (χ1n) is 5.64. The number of nitrogens with one attached hydrogen (secondary N) is 1. The second kappa shape index (κ2) is 5.14. The summed E-state index contributed by atoms with van der Waals surface area (Å²) in [5, 5.41) is 3.06. The highest BCUT2D eigenvalue weighted by Gasteiger charge is 2.35. The smallest absolute Gasteiger partial charge is 0.246 e. The van der Waals surface area contributed by atoms with E-state index in [1.54, 1.807) is 19.4 Å². The Hall–Kier alpha value is -1.95. The van der Waals surface area contributed by atoms with Gasteiger partial charge in [0.1, 0.15) is 0 Å². The number of aromatic nitrogens is 1. The summed E-state index contributed by atoms with van der Waals surface area (Å²) in [6.45, 7) is 0.496. The lowest BCUT2D eigenvalue weighted by atomic mass is 10.2. The molecular weight excluding hydrogens is 234 g/mol. The average molecular weight is 249 g/mol. The van der Waals surface area contributed by atoms with Gasteiger partial charge in [-0.05, 0) is 11.6 Å². The number of likely N-dealkylation sites (N-methyl/N-ethyl adjacent to an activating group) is 1. The third-order valence-corrected chi connectivity index (χ3v) is 2.94. The predicted molar refractivity (Wildman–Crippen MR) is 63.8 cm³/mol. The van der Waals surface area contributed by atoms with Gasteiger partial charge in [0.2, 0.25) is 17.7 Å². The van der Waals surface area contributed by atoms with Crippen LogP contribution in [0.15, 0.2) is 18.3 Å². The molecule has 1 fully saturated rings. The Morgan fingerprint density at radius 1 is 1.56 bits per heavy atom. The first kappa shape index (κ1) is 12.5. The maximum Gasteiger partial charge on any atom is 0.246 e. The monoisotopic (exact) mass is 249 g/mol. The Labute approximate surface area is 105 Å². The molecule has 1 N–H and O–H groups in total. The van der Waals surface area contributed by atoms with Gasteiger partial charge in [0.15, 0.2) is 0 Å². The van der Waals surface area contributed by atoms with E-state index in [1.165, 1.54) is 7.05 Å². The number of nitrogens with zero attached hydrogens (tertiary/aromatic N) is 2. The molecule has 0 spiro atoms. The Kier molecular flexibility index (Phi) is 3.57. The molecule has 2 amide bonds. The van der Waals surface area contributed by atoms with Gasteiger partial charge in [-0.1, -0.05) is 0 Å². The zero-order chi connectivity index (χ0) is 13.1. The van der Waals surface area contributed by atoms with E-state index in [4.69, 9.17) is 4.74 Å². The van der Waals surface area contributed by atoms with Crippen molar-refractivity contribution in [2.75, 3.05) is 14.2 Å². The molecule has 0 saturated carbocycles. The van der Waals surface area contributed by atoms with Gasteiger partial charge in [0, 0.05) is 25.9 Å². The molecule has 0 bridgehead atoms. The zero-order valence-corrected chi connectivity index (χ0v) is 10.3. The zero-order valence-electron chi connectivity index (χ0n) is 10.3. The van der Waals surface area contributed by atoms with Gasteiger partial charge in [0.05, 0.1) is 19.6 Å². The molecule has 1 aromatic heterocycles. The summed E-state index contributed by atoms with van der Waals surface area (Å²) in [6, 6.07) is 3.19. The molecule has 1 aliphatic heterocycles. The van der Waals surface area contributed by atoms with E-state index in [0.717, 1.165) is 10.5 Å². The fraction of sp³-hybridized carbons (Fsp3) is 0.417. The predicted octanol–water partition coefficient (Wildman–Crippen LogP) is -0.0629. The summed E-state index contributed by atoms with van der Waals surface area (Å²) in [4.78, 5) is 28.2. The largest absolute Gasteiger partial charge is 0.481 e. The summed E-state index contributed by atoms with van der Waals surface area (Å²) in [7, 11) is 3.05. The van der Waals surface area contributed by atoms with E-state index in [9.17, 15) is 9.59 Å². The third-order valence-electron chi connectivity index (χ3n) is 2.94. The fourth-order valence-corrected chi connectivity index (χ4v) is 1.83. The maximum atomic E-state index is 11.7. The minimum Gasteiger partial charge on any atom is -0.481 e. The van der Waals surface area contributed by atoms with Crippen LogP contribution in [0.1, 0.15) is 12.0 Å². The number of carbonyl (C=O) groups excluding carboxylic acids is 2. The van der Waals surface area contributed by atoms with E-state index in [-0.39, 0.29) is 18.2 Å². The summed E-state index contributed by atoms with van der Waals surface area (Å²) in [5.74, 6) is 0.200. The second-order valence-corrected chi connectivity index (χ2v) is 4.14. The van der Waals surface area contributed by atoms with E-state index in [2.05, 4.69) is 10.3 Å². The summed E-state index contributed by atoms with van der Waals surface area (Å²) in [5.41, 5.74) is 0.955. The number of carbonyl (C=O) groups is 2. The molecule has 1 aromatic rings. The van der Waals surface area contributed by atoms with Crippen LogP contribution in [0.3, 0.4) is 0 Å². The van der Waals surface area contributed by atoms with Crippen LogP contribution in [0.4, 0.5) is 0 Å². The van der Waals surface area contributed by atoms with Crippen molar-refractivity contribution >= 4 is 11.8 Å². The lowest BCUT2D eigenvalue weighted by molar-refractivity contribution is -0.137. The van der Waals surface area contributed by atoms with Crippen LogP contribution in [0.25, 0.3) is 0 Å².